The molecule has 4 heteroatoms. The molecule has 0 aromatic carbocycles. The van der Waals surface area contributed by atoms with Crippen LogP contribution in [0, 0.1) is 13.8 Å². The van der Waals surface area contributed by atoms with Crippen LogP contribution in [0.3, 0.4) is 0 Å². The molecular formula is C13H23N3O. The largest absolute Gasteiger partial charge is 0.379 e. The monoisotopic (exact) mass is 237 g/mol. The number of aryl methyl sites for hydroxylation is 1. The molecular weight excluding hydrogens is 214 g/mol. The van der Waals surface area contributed by atoms with E-state index in [1.165, 1.54) is 17.7 Å². The molecule has 1 aromatic rings. The molecule has 2 unspecified atom stereocenters. The van der Waals surface area contributed by atoms with Gasteiger partial charge in [0.1, 0.15) is 0 Å². The zero-order chi connectivity index (χ0) is 12.4. The van der Waals surface area contributed by atoms with Gasteiger partial charge in [0.05, 0.1) is 18.3 Å². The van der Waals surface area contributed by atoms with Gasteiger partial charge in [-0.25, -0.2) is 0 Å². The second-order valence-electron chi connectivity index (χ2n) is 5.04. The molecule has 2 N–H and O–H groups in total. The van der Waals surface area contributed by atoms with Crippen molar-refractivity contribution in [2.24, 2.45) is 5.73 Å². The molecule has 0 amide bonds. The van der Waals surface area contributed by atoms with Crippen LogP contribution in [-0.4, -0.2) is 29.5 Å². The van der Waals surface area contributed by atoms with Crippen molar-refractivity contribution in [3.05, 3.63) is 17.0 Å². The first kappa shape index (κ1) is 12.6. The zero-order valence-electron chi connectivity index (χ0n) is 11.1. The number of ether oxygens (including phenoxy) is 1. The summed E-state index contributed by atoms with van der Waals surface area (Å²) in [5.41, 5.74) is 9.46. The van der Waals surface area contributed by atoms with Crippen molar-refractivity contribution in [3.8, 4) is 0 Å². The Hall–Kier alpha value is -0.870. The van der Waals surface area contributed by atoms with E-state index < -0.39 is 0 Å². The summed E-state index contributed by atoms with van der Waals surface area (Å²) in [7, 11) is 0. The molecule has 1 fully saturated rings. The van der Waals surface area contributed by atoms with Crippen molar-refractivity contribution in [1.29, 1.82) is 0 Å². The van der Waals surface area contributed by atoms with Crippen LogP contribution < -0.4 is 5.73 Å². The van der Waals surface area contributed by atoms with Crippen LogP contribution in [0.15, 0.2) is 0 Å². The van der Waals surface area contributed by atoms with Gasteiger partial charge in [-0.1, -0.05) is 6.92 Å². The van der Waals surface area contributed by atoms with Crippen molar-refractivity contribution < 1.29 is 4.74 Å². The van der Waals surface area contributed by atoms with E-state index in [9.17, 15) is 0 Å². The molecule has 0 aliphatic carbocycles. The summed E-state index contributed by atoms with van der Waals surface area (Å²) in [4.78, 5) is 0. The van der Waals surface area contributed by atoms with Crippen molar-refractivity contribution in [2.45, 2.75) is 45.6 Å². The van der Waals surface area contributed by atoms with Crippen molar-refractivity contribution in [3.63, 3.8) is 0 Å². The third-order valence-electron chi connectivity index (χ3n) is 3.71. The van der Waals surface area contributed by atoms with Gasteiger partial charge in [0, 0.05) is 17.9 Å². The summed E-state index contributed by atoms with van der Waals surface area (Å²) in [5.74, 6) is 0.383. The smallest absolute Gasteiger partial charge is 0.0756 e. The molecule has 4 nitrogen and oxygen atoms in total. The Labute approximate surface area is 103 Å². The zero-order valence-corrected chi connectivity index (χ0v) is 11.1. The van der Waals surface area contributed by atoms with Gasteiger partial charge in [0.25, 0.3) is 0 Å². The van der Waals surface area contributed by atoms with Gasteiger partial charge in [0.15, 0.2) is 0 Å². The minimum atomic E-state index is 0.383. The van der Waals surface area contributed by atoms with Gasteiger partial charge in [-0.3, -0.25) is 4.68 Å². The fourth-order valence-electron chi connectivity index (χ4n) is 2.78. The van der Waals surface area contributed by atoms with Gasteiger partial charge in [-0.15, -0.1) is 0 Å². The normalized spacial score (nSPS) is 22.7. The lowest BCUT2D eigenvalue weighted by Gasteiger charge is -2.24. The Kier molecular flexibility index (Phi) is 3.84. The lowest BCUT2D eigenvalue weighted by atomic mass is 9.99. The summed E-state index contributed by atoms with van der Waals surface area (Å²) >= 11 is 0. The highest BCUT2D eigenvalue weighted by Gasteiger charge is 2.23. The van der Waals surface area contributed by atoms with E-state index >= 15 is 0 Å². The first-order chi connectivity index (χ1) is 8.15. The Bertz CT molecular complexity index is 380. The highest BCUT2D eigenvalue weighted by atomic mass is 16.5. The predicted molar refractivity (Wildman–Crippen MR) is 68.3 cm³/mol. The van der Waals surface area contributed by atoms with E-state index in [2.05, 4.69) is 30.6 Å². The molecule has 1 aromatic heterocycles. The number of aromatic nitrogens is 2. The number of hydrogen-bond acceptors (Lipinski definition) is 3. The van der Waals surface area contributed by atoms with Gasteiger partial charge >= 0.3 is 0 Å². The first-order valence-corrected chi connectivity index (χ1v) is 6.48. The Morgan fingerprint density at radius 3 is 2.88 bits per heavy atom. The first-order valence-electron chi connectivity index (χ1n) is 6.48. The molecule has 0 saturated carbocycles. The highest BCUT2D eigenvalue weighted by molar-refractivity contribution is 5.29. The van der Waals surface area contributed by atoms with Crippen LogP contribution in [0.4, 0.5) is 0 Å². The average molecular weight is 237 g/mol. The van der Waals surface area contributed by atoms with Crippen LogP contribution in [0.5, 0.6) is 0 Å². The quantitative estimate of drug-likeness (QED) is 0.873. The molecule has 1 aliphatic heterocycles. The van der Waals surface area contributed by atoms with E-state index in [4.69, 9.17) is 10.5 Å². The third kappa shape index (κ3) is 2.38. The fraction of sp³-hybridized carbons (Fsp3) is 0.769. The summed E-state index contributed by atoms with van der Waals surface area (Å²) in [6, 6.07) is 0.404. The second-order valence-corrected chi connectivity index (χ2v) is 5.04. The minimum Gasteiger partial charge on any atom is -0.379 e. The predicted octanol–water partition coefficient (Wildman–Crippen LogP) is 1.91. The van der Waals surface area contributed by atoms with E-state index in [0.717, 1.165) is 25.3 Å². The maximum absolute atomic E-state index is 5.77. The van der Waals surface area contributed by atoms with Crippen molar-refractivity contribution in [1.82, 2.24) is 9.78 Å². The molecule has 1 saturated heterocycles. The fourth-order valence-corrected chi connectivity index (χ4v) is 2.78. The van der Waals surface area contributed by atoms with E-state index in [1.54, 1.807) is 0 Å². The highest BCUT2D eigenvalue weighted by Crippen LogP contribution is 2.27. The number of hydrogen-bond donors (Lipinski definition) is 1. The molecule has 0 radical (unpaired) electrons. The molecule has 1 aliphatic rings. The van der Waals surface area contributed by atoms with Gasteiger partial charge in [-0.2, -0.15) is 5.10 Å². The van der Waals surface area contributed by atoms with E-state index in [0.29, 0.717) is 18.5 Å². The van der Waals surface area contributed by atoms with Crippen molar-refractivity contribution in [2.75, 3.05) is 19.8 Å². The van der Waals surface area contributed by atoms with Gasteiger partial charge in [-0.05, 0) is 39.2 Å². The Morgan fingerprint density at radius 1 is 1.53 bits per heavy atom. The third-order valence-corrected chi connectivity index (χ3v) is 3.71. The van der Waals surface area contributed by atoms with Crippen LogP contribution in [0.25, 0.3) is 0 Å². The lowest BCUT2D eigenvalue weighted by molar-refractivity contribution is 0.0541. The Balaban J connectivity index is 2.29. The summed E-state index contributed by atoms with van der Waals surface area (Å²) in [6.45, 7) is 8.75. The van der Waals surface area contributed by atoms with Crippen LogP contribution in [0.2, 0.25) is 0 Å². The van der Waals surface area contributed by atoms with Crippen LogP contribution in [-0.2, 0) is 4.74 Å². The standard InChI is InChI=1S/C13H23N3O/c1-9(7-14)13-10(2)15-16(11(13)3)12-5-4-6-17-8-12/h9,12H,4-8,14H2,1-3H3. The summed E-state index contributed by atoms with van der Waals surface area (Å²) < 4.78 is 7.69. The maximum atomic E-state index is 5.77. The number of nitrogens with two attached hydrogens (primary N) is 1. The molecule has 2 rings (SSSR count). The van der Waals surface area contributed by atoms with E-state index in [-0.39, 0.29) is 0 Å². The van der Waals surface area contributed by atoms with E-state index in [1.807, 2.05) is 0 Å². The summed E-state index contributed by atoms with van der Waals surface area (Å²) in [6.07, 6.45) is 2.29. The van der Waals surface area contributed by atoms with Gasteiger partial charge in [0.2, 0.25) is 0 Å². The number of rotatable bonds is 3. The van der Waals surface area contributed by atoms with Crippen LogP contribution in [0.1, 0.15) is 48.7 Å². The molecule has 0 spiro atoms. The Morgan fingerprint density at radius 2 is 2.29 bits per heavy atom. The topological polar surface area (TPSA) is 53.1 Å². The number of nitrogens with zero attached hydrogens (tertiary/aromatic N) is 2. The molecule has 17 heavy (non-hydrogen) atoms. The second kappa shape index (κ2) is 5.19. The maximum Gasteiger partial charge on any atom is 0.0756 e. The molecule has 0 bridgehead atoms. The van der Waals surface area contributed by atoms with Crippen molar-refractivity contribution >= 4 is 0 Å². The SMILES string of the molecule is Cc1nn(C2CCCOC2)c(C)c1C(C)CN. The van der Waals surface area contributed by atoms with Crippen LogP contribution >= 0.6 is 0 Å². The molecule has 2 heterocycles. The lowest BCUT2D eigenvalue weighted by Crippen LogP contribution is -2.23. The molecule has 2 atom stereocenters. The summed E-state index contributed by atoms with van der Waals surface area (Å²) in [5, 5.41) is 4.68. The van der Waals surface area contributed by atoms with Gasteiger partial charge < -0.3 is 10.5 Å². The molecule has 96 valence electrons. The average Bonchev–Trinajstić information content (AvgIpc) is 2.65. The minimum absolute atomic E-state index is 0.383.